The molecule has 1 unspecified atom stereocenters. The molecule has 0 aliphatic carbocycles. The van der Waals surface area contributed by atoms with Gasteiger partial charge in [-0.1, -0.05) is 20.8 Å². The Kier molecular flexibility index (Phi) is 2.74. The maximum Gasteiger partial charge on any atom is 0.137 e. The summed E-state index contributed by atoms with van der Waals surface area (Å²) in [5.74, 6) is 0. The van der Waals surface area contributed by atoms with E-state index in [0.29, 0.717) is 0 Å². The normalized spacial score (nSPS) is 14.2. The van der Waals surface area contributed by atoms with E-state index in [1.807, 2.05) is 6.92 Å². The lowest BCUT2D eigenvalue weighted by molar-refractivity contribution is 0.555. The molecule has 0 radical (unpaired) electrons. The smallest absolute Gasteiger partial charge is 0.137 e. The molecule has 3 nitrogen and oxygen atoms in total. The Balaban J connectivity index is 2.80. The van der Waals surface area contributed by atoms with Crippen LogP contribution < -0.4 is 5.73 Å². The summed E-state index contributed by atoms with van der Waals surface area (Å²) in [5, 5.41) is 0. The summed E-state index contributed by atoms with van der Waals surface area (Å²) in [5.41, 5.74) is 10.5. The number of aromatic nitrogens is 2. The Morgan fingerprint density at radius 2 is 2.00 bits per heavy atom. The van der Waals surface area contributed by atoms with Gasteiger partial charge in [0.1, 0.15) is 5.65 Å². The summed E-state index contributed by atoms with van der Waals surface area (Å²) in [7, 11) is 0. The van der Waals surface area contributed by atoms with E-state index in [2.05, 4.69) is 50.4 Å². The van der Waals surface area contributed by atoms with Gasteiger partial charge in [0.15, 0.2) is 0 Å². The maximum absolute atomic E-state index is 6.10. The lowest BCUT2D eigenvalue weighted by atomic mass is 9.89. The van der Waals surface area contributed by atoms with Gasteiger partial charge in [0, 0.05) is 17.7 Å². The van der Waals surface area contributed by atoms with E-state index < -0.39 is 0 Å². The van der Waals surface area contributed by atoms with E-state index in [4.69, 9.17) is 10.7 Å². The average Bonchev–Trinajstić information content (AvgIpc) is 2.55. The summed E-state index contributed by atoms with van der Waals surface area (Å²) in [4.78, 5) is 4.75. The molecular weight excluding hydrogens is 210 g/mol. The number of nitrogens with two attached hydrogens (primary N) is 1. The molecule has 2 N–H and O–H groups in total. The van der Waals surface area contributed by atoms with Gasteiger partial charge in [0.2, 0.25) is 0 Å². The zero-order valence-electron chi connectivity index (χ0n) is 11.3. The molecule has 0 fully saturated rings. The summed E-state index contributed by atoms with van der Waals surface area (Å²) < 4.78 is 2.11. The number of fused-ring (bicyclic) bond motifs is 1. The monoisotopic (exact) mass is 231 g/mol. The molecule has 2 aromatic rings. The van der Waals surface area contributed by atoms with Crippen LogP contribution in [0.1, 0.15) is 50.7 Å². The van der Waals surface area contributed by atoms with Crippen molar-refractivity contribution in [3.8, 4) is 0 Å². The van der Waals surface area contributed by atoms with Crippen molar-refractivity contribution in [2.45, 2.75) is 46.1 Å². The molecule has 2 heterocycles. The summed E-state index contributed by atoms with van der Waals surface area (Å²) in [6.45, 7) is 10.6. The van der Waals surface area contributed by atoms with Crippen LogP contribution in [0.3, 0.4) is 0 Å². The zero-order chi connectivity index (χ0) is 12.8. The van der Waals surface area contributed by atoms with Gasteiger partial charge >= 0.3 is 0 Å². The Morgan fingerprint density at radius 1 is 1.35 bits per heavy atom. The van der Waals surface area contributed by atoms with Crippen LogP contribution >= 0.6 is 0 Å². The molecule has 3 heteroatoms. The summed E-state index contributed by atoms with van der Waals surface area (Å²) in [6, 6.07) is 4.18. The highest BCUT2D eigenvalue weighted by atomic mass is 15.0. The van der Waals surface area contributed by atoms with E-state index in [-0.39, 0.29) is 11.5 Å². The van der Waals surface area contributed by atoms with E-state index >= 15 is 0 Å². The Bertz CT molecular complexity index is 544. The van der Waals surface area contributed by atoms with E-state index in [1.165, 1.54) is 5.56 Å². The third-order valence-corrected chi connectivity index (χ3v) is 2.96. The van der Waals surface area contributed by atoms with Crippen LogP contribution in [0.25, 0.3) is 5.65 Å². The number of rotatable bonds is 1. The average molecular weight is 231 g/mol. The first-order valence-electron chi connectivity index (χ1n) is 6.05. The fourth-order valence-electron chi connectivity index (χ4n) is 2.15. The number of hydrogen-bond donors (Lipinski definition) is 1. The highest BCUT2D eigenvalue weighted by molar-refractivity contribution is 5.47. The number of aryl methyl sites for hydroxylation is 1. The van der Waals surface area contributed by atoms with Crippen LogP contribution in [-0.2, 0) is 5.41 Å². The van der Waals surface area contributed by atoms with Gasteiger partial charge in [-0.2, -0.15) is 0 Å². The van der Waals surface area contributed by atoms with Crippen molar-refractivity contribution >= 4 is 5.65 Å². The van der Waals surface area contributed by atoms with Crippen LogP contribution in [-0.4, -0.2) is 9.38 Å². The van der Waals surface area contributed by atoms with Gasteiger partial charge < -0.3 is 10.1 Å². The second-order valence-electron chi connectivity index (χ2n) is 5.82. The van der Waals surface area contributed by atoms with Gasteiger partial charge in [-0.05, 0) is 31.5 Å². The fraction of sp³-hybridized carbons (Fsp3) is 0.500. The topological polar surface area (TPSA) is 43.3 Å². The predicted molar refractivity (Wildman–Crippen MR) is 71.2 cm³/mol. The molecule has 0 amide bonds. The third kappa shape index (κ3) is 2.07. The van der Waals surface area contributed by atoms with Crippen LogP contribution in [0.15, 0.2) is 18.3 Å². The van der Waals surface area contributed by atoms with Crippen molar-refractivity contribution in [2.24, 2.45) is 5.73 Å². The van der Waals surface area contributed by atoms with Gasteiger partial charge in [0.25, 0.3) is 0 Å². The molecular formula is C14H21N3. The van der Waals surface area contributed by atoms with Crippen molar-refractivity contribution < 1.29 is 0 Å². The number of nitrogens with zero attached hydrogens (tertiary/aromatic N) is 2. The minimum absolute atomic E-state index is 0.0121. The van der Waals surface area contributed by atoms with E-state index in [1.54, 1.807) is 0 Å². The third-order valence-electron chi connectivity index (χ3n) is 2.96. The van der Waals surface area contributed by atoms with E-state index in [0.717, 1.165) is 17.0 Å². The minimum atomic E-state index is -0.0121. The van der Waals surface area contributed by atoms with Crippen LogP contribution in [0, 0.1) is 6.92 Å². The molecule has 2 rings (SSSR count). The largest absolute Gasteiger partial charge is 0.323 e. The molecule has 0 aliphatic heterocycles. The standard InChI is InChI=1S/C14H21N3/c1-9-6-7-17-11(8-9)16-13(14(3,4)5)12(17)10(2)15/h6-8,10H,15H2,1-5H3. The predicted octanol–water partition coefficient (Wildman–Crippen LogP) is 2.96. The first-order chi connectivity index (χ1) is 7.80. The van der Waals surface area contributed by atoms with Gasteiger partial charge in [0.05, 0.1) is 11.4 Å². The molecule has 2 aromatic heterocycles. The van der Waals surface area contributed by atoms with Crippen molar-refractivity contribution in [3.63, 3.8) is 0 Å². The van der Waals surface area contributed by atoms with Gasteiger partial charge in [-0.25, -0.2) is 4.98 Å². The Hall–Kier alpha value is -1.35. The van der Waals surface area contributed by atoms with Crippen LogP contribution in [0.2, 0.25) is 0 Å². The summed E-state index contributed by atoms with van der Waals surface area (Å²) >= 11 is 0. The van der Waals surface area contributed by atoms with Crippen molar-refractivity contribution in [2.75, 3.05) is 0 Å². The van der Waals surface area contributed by atoms with E-state index in [9.17, 15) is 0 Å². The maximum atomic E-state index is 6.10. The summed E-state index contributed by atoms with van der Waals surface area (Å²) in [6.07, 6.45) is 2.06. The second-order valence-corrected chi connectivity index (χ2v) is 5.82. The highest BCUT2D eigenvalue weighted by Gasteiger charge is 2.25. The number of pyridine rings is 1. The molecule has 0 aromatic carbocycles. The Labute approximate surface area is 103 Å². The van der Waals surface area contributed by atoms with Crippen LogP contribution in [0.4, 0.5) is 0 Å². The molecule has 1 atom stereocenters. The highest BCUT2D eigenvalue weighted by Crippen LogP contribution is 2.29. The second kappa shape index (κ2) is 3.84. The van der Waals surface area contributed by atoms with Crippen molar-refractivity contribution in [1.82, 2.24) is 9.38 Å². The van der Waals surface area contributed by atoms with Crippen molar-refractivity contribution in [3.05, 3.63) is 35.3 Å². The zero-order valence-corrected chi connectivity index (χ0v) is 11.3. The number of imidazole rings is 1. The molecule has 0 saturated heterocycles. The SMILES string of the molecule is Cc1ccn2c(C(C)N)c(C(C)(C)C)nc2c1. The molecule has 0 bridgehead atoms. The number of hydrogen-bond acceptors (Lipinski definition) is 2. The molecule has 0 saturated carbocycles. The Morgan fingerprint density at radius 3 is 2.53 bits per heavy atom. The fourth-order valence-corrected chi connectivity index (χ4v) is 2.15. The molecule has 0 spiro atoms. The minimum Gasteiger partial charge on any atom is -0.323 e. The quantitative estimate of drug-likeness (QED) is 0.820. The lowest BCUT2D eigenvalue weighted by Crippen LogP contribution is -2.19. The van der Waals surface area contributed by atoms with Gasteiger partial charge in [-0.3, -0.25) is 0 Å². The first kappa shape index (κ1) is 12.1. The molecule has 92 valence electrons. The lowest BCUT2D eigenvalue weighted by Gasteiger charge is -2.19. The molecule has 0 aliphatic rings. The van der Waals surface area contributed by atoms with Gasteiger partial charge in [-0.15, -0.1) is 0 Å². The van der Waals surface area contributed by atoms with Crippen molar-refractivity contribution in [1.29, 1.82) is 0 Å². The van der Waals surface area contributed by atoms with Crippen LogP contribution in [0.5, 0.6) is 0 Å². The molecule has 17 heavy (non-hydrogen) atoms. The first-order valence-corrected chi connectivity index (χ1v) is 6.05.